The van der Waals surface area contributed by atoms with Gasteiger partial charge in [-0.25, -0.2) is 4.79 Å². The average Bonchev–Trinajstić information content (AvgIpc) is 2.75. The van der Waals surface area contributed by atoms with Gasteiger partial charge in [0.2, 0.25) is 0 Å². The number of hydrogen-bond donors (Lipinski definition) is 3. The summed E-state index contributed by atoms with van der Waals surface area (Å²) in [5.74, 6) is -2.76. The number of aryl methyl sites for hydroxylation is 1. The number of carboxylic acid groups (broad SMARTS) is 2. The topological polar surface area (TPSA) is 130 Å². The highest BCUT2D eigenvalue weighted by Gasteiger charge is 2.27. The molecule has 116 valence electrons. The van der Waals surface area contributed by atoms with Gasteiger partial charge in [-0.3, -0.25) is 9.59 Å². The standard InChI is InChI=1S/C13H18N2O6/c1-6(2)11-10(7(3)15-21-11)12(18)14-8(13(19)20)4-5-9(16)17/h6,8H,4-5H2,1-3H3,(H,14,18)(H,16,17)(H,19,20)/t8-/m0/s1. The highest BCUT2D eigenvalue weighted by molar-refractivity contribution is 5.98. The van der Waals surface area contributed by atoms with Crippen molar-refractivity contribution in [2.45, 2.75) is 45.6 Å². The fraction of sp³-hybridized carbons (Fsp3) is 0.538. The molecule has 1 amide bonds. The number of nitrogens with one attached hydrogen (secondary N) is 1. The van der Waals surface area contributed by atoms with Gasteiger partial charge in [-0.05, 0) is 13.3 Å². The molecule has 3 N–H and O–H groups in total. The molecule has 1 heterocycles. The SMILES string of the molecule is Cc1noc(C(C)C)c1C(=O)N[C@@H](CCC(=O)O)C(=O)O. The minimum Gasteiger partial charge on any atom is -0.481 e. The zero-order chi connectivity index (χ0) is 16.2. The number of hydrogen-bond acceptors (Lipinski definition) is 5. The molecule has 0 radical (unpaired) electrons. The van der Waals surface area contributed by atoms with E-state index in [0.29, 0.717) is 11.5 Å². The number of nitrogens with zero attached hydrogens (tertiary/aromatic N) is 1. The molecule has 21 heavy (non-hydrogen) atoms. The minimum atomic E-state index is -1.29. The second-order valence-corrected chi connectivity index (χ2v) is 4.96. The van der Waals surface area contributed by atoms with Crippen LogP contribution in [0.15, 0.2) is 4.52 Å². The Morgan fingerprint density at radius 2 is 1.90 bits per heavy atom. The van der Waals surface area contributed by atoms with E-state index in [-0.39, 0.29) is 24.3 Å². The first-order valence-corrected chi connectivity index (χ1v) is 6.45. The Kier molecular flexibility index (Phi) is 5.45. The van der Waals surface area contributed by atoms with Crippen LogP contribution in [0.4, 0.5) is 0 Å². The number of rotatable bonds is 7. The zero-order valence-corrected chi connectivity index (χ0v) is 12.0. The maximum absolute atomic E-state index is 12.2. The summed E-state index contributed by atoms with van der Waals surface area (Å²) < 4.78 is 5.07. The molecule has 0 aliphatic heterocycles. The van der Waals surface area contributed by atoms with E-state index in [2.05, 4.69) is 10.5 Å². The molecule has 0 aliphatic rings. The number of aliphatic carboxylic acids is 2. The predicted molar refractivity (Wildman–Crippen MR) is 71.1 cm³/mol. The Morgan fingerprint density at radius 3 is 2.38 bits per heavy atom. The molecule has 1 atom stereocenters. The number of carbonyl (C=O) groups is 3. The van der Waals surface area contributed by atoms with Gasteiger partial charge < -0.3 is 20.1 Å². The van der Waals surface area contributed by atoms with Crippen molar-refractivity contribution in [2.24, 2.45) is 0 Å². The third-order valence-electron chi connectivity index (χ3n) is 2.89. The van der Waals surface area contributed by atoms with Crippen LogP contribution in [-0.4, -0.2) is 39.3 Å². The zero-order valence-electron chi connectivity index (χ0n) is 12.0. The molecular formula is C13H18N2O6. The quantitative estimate of drug-likeness (QED) is 0.688. The number of carboxylic acids is 2. The van der Waals surface area contributed by atoms with Crippen LogP contribution in [0.2, 0.25) is 0 Å². The Hall–Kier alpha value is -2.38. The largest absolute Gasteiger partial charge is 0.481 e. The first-order valence-electron chi connectivity index (χ1n) is 6.45. The lowest BCUT2D eigenvalue weighted by Gasteiger charge is -2.14. The lowest BCUT2D eigenvalue weighted by Crippen LogP contribution is -2.41. The molecule has 0 spiro atoms. The highest BCUT2D eigenvalue weighted by Crippen LogP contribution is 2.22. The molecular weight excluding hydrogens is 280 g/mol. The first-order chi connectivity index (χ1) is 9.73. The van der Waals surface area contributed by atoms with Gasteiger partial charge in [0, 0.05) is 12.3 Å². The molecule has 8 nitrogen and oxygen atoms in total. The van der Waals surface area contributed by atoms with Gasteiger partial charge >= 0.3 is 11.9 Å². The van der Waals surface area contributed by atoms with Crippen molar-refractivity contribution >= 4 is 17.8 Å². The Morgan fingerprint density at radius 1 is 1.29 bits per heavy atom. The van der Waals surface area contributed by atoms with Crippen molar-refractivity contribution in [3.05, 3.63) is 17.0 Å². The normalized spacial score (nSPS) is 12.2. The van der Waals surface area contributed by atoms with Crippen molar-refractivity contribution < 1.29 is 29.1 Å². The van der Waals surface area contributed by atoms with Crippen LogP contribution in [0.25, 0.3) is 0 Å². The molecule has 0 fully saturated rings. The van der Waals surface area contributed by atoms with Crippen molar-refractivity contribution in [1.82, 2.24) is 10.5 Å². The van der Waals surface area contributed by atoms with E-state index < -0.39 is 23.9 Å². The van der Waals surface area contributed by atoms with Crippen molar-refractivity contribution in [3.63, 3.8) is 0 Å². The molecule has 0 unspecified atom stereocenters. The van der Waals surface area contributed by atoms with Gasteiger partial charge in [-0.2, -0.15) is 0 Å². The monoisotopic (exact) mass is 298 g/mol. The van der Waals surface area contributed by atoms with E-state index in [1.807, 2.05) is 13.8 Å². The second-order valence-electron chi connectivity index (χ2n) is 4.96. The summed E-state index contributed by atoms with van der Waals surface area (Å²) in [5.41, 5.74) is 0.560. The summed E-state index contributed by atoms with van der Waals surface area (Å²) in [6, 6.07) is -1.28. The van der Waals surface area contributed by atoms with Crippen LogP contribution >= 0.6 is 0 Å². The van der Waals surface area contributed by atoms with Crippen molar-refractivity contribution in [1.29, 1.82) is 0 Å². The molecule has 1 aromatic rings. The smallest absolute Gasteiger partial charge is 0.326 e. The van der Waals surface area contributed by atoms with Crippen molar-refractivity contribution in [2.75, 3.05) is 0 Å². The van der Waals surface area contributed by atoms with Crippen LogP contribution in [0.1, 0.15) is 54.4 Å². The molecule has 1 rings (SSSR count). The van der Waals surface area contributed by atoms with Gasteiger partial charge in [0.1, 0.15) is 11.6 Å². The summed E-state index contributed by atoms with van der Waals surface area (Å²) in [7, 11) is 0. The minimum absolute atomic E-state index is 0.0887. The van der Waals surface area contributed by atoms with E-state index in [9.17, 15) is 14.4 Å². The fourth-order valence-electron chi connectivity index (χ4n) is 1.81. The van der Waals surface area contributed by atoms with E-state index in [0.717, 1.165) is 0 Å². The summed E-state index contributed by atoms with van der Waals surface area (Å²) in [6.07, 6.45) is -0.547. The number of aromatic nitrogens is 1. The average molecular weight is 298 g/mol. The lowest BCUT2D eigenvalue weighted by atomic mass is 10.0. The molecule has 0 aromatic carbocycles. The molecule has 1 aromatic heterocycles. The van der Waals surface area contributed by atoms with Crippen LogP contribution in [0.3, 0.4) is 0 Å². The summed E-state index contributed by atoms with van der Waals surface area (Å²) in [6.45, 7) is 5.21. The number of amides is 1. The first kappa shape index (κ1) is 16.7. The Bertz CT molecular complexity index is 549. The van der Waals surface area contributed by atoms with Gasteiger partial charge in [0.05, 0.1) is 5.69 Å². The van der Waals surface area contributed by atoms with E-state index in [1.54, 1.807) is 6.92 Å². The lowest BCUT2D eigenvalue weighted by molar-refractivity contribution is -0.140. The third-order valence-corrected chi connectivity index (χ3v) is 2.89. The highest BCUT2D eigenvalue weighted by atomic mass is 16.5. The summed E-state index contributed by atoms with van der Waals surface area (Å²) in [4.78, 5) is 33.8. The van der Waals surface area contributed by atoms with Crippen LogP contribution in [0.5, 0.6) is 0 Å². The molecule has 0 bridgehead atoms. The second kappa shape index (κ2) is 6.87. The van der Waals surface area contributed by atoms with Gasteiger partial charge in [0.25, 0.3) is 5.91 Å². The van der Waals surface area contributed by atoms with Gasteiger partial charge in [0.15, 0.2) is 5.76 Å². The molecule has 0 saturated carbocycles. The van der Waals surface area contributed by atoms with E-state index in [1.165, 1.54) is 0 Å². The predicted octanol–water partition coefficient (Wildman–Crippen LogP) is 1.15. The van der Waals surface area contributed by atoms with Crippen molar-refractivity contribution in [3.8, 4) is 0 Å². The van der Waals surface area contributed by atoms with Crippen LogP contribution < -0.4 is 5.32 Å². The maximum atomic E-state index is 12.2. The van der Waals surface area contributed by atoms with Crippen LogP contribution in [0, 0.1) is 6.92 Å². The summed E-state index contributed by atoms with van der Waals surface area (Å²) in [5, 5.41) is 23.6. The Labute approximate surface area is 121 Å². The molecule has 8 heteroatoms. The van der Waals surface area contributed by atoms with E-state index in [4.69, 9.17) is 14.7 Å². The van der Waals surface area contributed by atoms with E-state index >= 15 is 0 Å². The molecule has 0 aliphatic carbocycles. The number of carbonyl (C=O) groups excluding carboxylic acids is 1. The van der Waals surface area contributed by atoms with Gasteiger partial charge in [-0.1, -0.05) is 19.0 Å². The van der Waals surface area contributed by atoms with Crippen LogP contribution in [-0.2, 0) is 9.59 Å². The fourth-order valence-corrected chi connectivity index (χ4v) is 1.81. The maximum Gasteiger partial charge on any atom is 0.326 e. The summed E-state index contributed by atoms with van der Waals surface area (Å²) >= 11 is 0. The van der Waals surface area contributed by atoms with Gasteiger partial charge in [-0.15, -0.1) is 0 Å². The molecule has 0 saturated heterocycles. The third kappa shape index (κ3) is 4.30. The Balaban J connectivity index is 2.90.